The first-order valence-corrected chi connectivity index (χ1v) is 6.79. The lowest BCUT2D eigenvalue weighted by Crippen LogP contribution is -2.13. The number of H-pyrrole nitrogens is 2. The summed E-state index contributed by atoms with van der Waals surface area (Å²) in [6.07, 6.45) is 0. The molecule has 0 fully saturated rings. The number of nitro groups is 1. The van der Waals surface area contributed by atoms with E-state index in [9.17, 15) is 19.7 Å². The fraction of sp³-hybridized carbons (Fsp3) is 0. The number of aromatic nitrogens is 2. The van der Waals surface area contributed by atoms with Crippen molar-refractivity contribution < 1.29 is 9.72 Å². The quantitative estimate of drug-likeness (QED) is 0.504. The molecule has 0 saturated heterocycles. The Bertz CT molecular complexity index is 992. The van der Waals surface area contributed by atoms with Crippen LogP contribution in [0.1, 0.15) is 10.4 Å². The van der Waals surface area contributed by atoms with Crippen molar-refractivity contribution in [2.24, 2.45) is 0 Å². The fourth-order valence-corrected chi connectivity index (χ4v) is 2.32. The summed E-state index contributed by atoms with van der Waals surface area (Å²) < 4.78 is 0. The lowest BCUT2D eigenvalue weighted by Gasteiger charge is -2.06. The minimum absolute atomic E-state index is 0.109. The molecule has 2 aromatic carbocycles. The van der Waals surface area contributed by atoms with E-state index in [4.69, 9.17) is 11.6 Å². The first-order chi connectivity index (χ1) is 10.9. The van der Waals surface area contributed by atoms with Crippen molar-refractivity contribution in [2.75, 3.05) is 5.32 Å². The number of carbonyl (C=O) groups is 1. The zero-order valence-corrected chi connectivity index (χ0v) is 12.2. The molecular formula is C14H9ClN4O4. The molecule has 116 valence electrons. The van der Waals surface area contributed by atoms with E-state index < -0.39 is 10.8 Å². The van der Waals surface area contributed by atoms with Crippen molar-refractivity contribution >= 4 is 39.9 Å². The van der Waals surface area contributed by atoms with Crippen LogP contribution in [0.5, 0.6) is 0 Å². The average Bonchev–Trinajstić information content (AvgIpc) is 2.86. The summed E-state index contributed by atoms with van der Waals surface area (Å²) in [5, 5.41) is 13.7. The molecule has 0 radical (unpaired) electrons. The van der Waals surface area contributed by atoms with E-state index >= 15 is 0 Å². The van der Waals surface area contributed by atoms with Gasteiger partial charge in [0.2, 0.25) is 0 Å². The van der Waals surface area contributed by atoms with Crippen molar-refractivity contribution in [3.8, 4) is 0 Å². The second-order valence-electron chi connectivity index (χ2n) is 4.71. The Balaban J connectivity index is 1.94. The summed E-state index contributed by atoms with van der Waals surface area (Å²) in [4.78, 5) is 39.0. The lowest BCUT2D eigenvalue weighted by molar-refractivity contribution is -0.385. The van der Waals surface area contributed by atoms with E-state index in [0.29, 0.717) is 16.7 Å². The van der Waals surface area contributed by atoms with Crippen LogP contribution < -0.4 is 11.0 Å². The lowest BCUT2D eigenvalue weighted by atomic mass is 10.1. The monoisotopic (exact) mass is 332 g/mol. The number of benzene rings is 2. The normalized spacial score (nSPS) is 10.7. The van der Waals surface area contributed by atoms with Crippen LogP contribution in [0.3, 0.4) is 0 Å². The highest BCUT2D eigenvalue weighted by molar-refractivity contribution is 6.31. The Morgan fingerprint density at radius 2 is 1.87 bits per heavy atom. The van der Waals surface area contributed by atoms with E-state index in [1.807, 2.05) is 0 Å². The molecule has 0 aliphatic heterocycles. The molecule has 3 aromatic rings. The first-order valence-electron chi connectivity index (χ1n) is 6.41. The van der Waals surface area contributed by atoms with Crippen LogP contribution in [0.2, 0.25) is 5.02 Å². The largest absolute Gasteiger partial charge is 0.323 e. The van der Waals surface area contributed by atoms with Crippen molar-refractivity contribution in [1.29, 1.82) is 0 Å². The number of nitro benzene ring substituents is 1. The predicted octanol–water partition coefficient (Wildman–Crippen LogP) is 2.67. The number of rotatable bonds is 3. The Morgan fingerprint density at radius 3 is 2.61 bits per heavy atom. The SMILES string of the molecule is O=C(Nc1ccc2[nH]c(=O)[nH]c2c1)c1ccc(Cl)cc1[N+](=O)[O-]. The Morgan fingerprint density at radius 1 is 1.13 bits per heavy atom. The predicted molar refractivity (Wildman–Crippen MR) is 85.0 cm³/mol. The molecule has 1 heterocycles. The van der Waals surface area contributed by atoms with Gasteiger partial charge in [0.1, 0.15) is 5.56 Å². The summed E-state index contributed by atoms with van der Waals surface area (Å²) in [6, 6.07) is 8.53. The number of hydrogen-bond acceptors (Lipinski definition) is 4. The third-order valence-electron chi connectivity index (χ3n) is 3.17. The van der Waals surface area contributed by atoms with Crippen LogP contribution in [0.4, 0.5) is 11.4 Å². The third-order valence-corrected chi connectivity index (χ3v) is 3.41. The number of amides is 1. The van der Waals surface area contributed by atoms with Gasteiger partial charge in [0.05, 0.1) is 16.0 Å². The number of nitrogens with zero attached hydrogens (tertiary/aromatic N) is 1. The molecule has 0 unspecified atom stereocenters. The van der Waals surface area contributed by atoms with E-state index in [2.05, 4.69) is 15.3 Å². The van der Waals surface area contributed by atoms with Crippen molar-refractivity contribution in [3.05, 3.63) is 67.6 Å². The van der Waals surface area contributed by atoms with Crippen molar-refractivity contribution in [1.82, 2.24) is 9.97 Å². The first kappa shape index (κ1) is 14.8. The number of nitrogens with one attached hydrogen (secondary N) is 3. The molecule has 0 saturated carbocycles. The number of fused-ring (bicyclic) bond motifs is 1. The molecule has 1 aromatic heterocycles. The summed E-state index contributed by atoms with van der Waals surface area (Å²) >= 11 is 5.72. The molecule has 0 aliphatic carbocycles. The van der Waals surface area contributed by atoms with E-state index in [1.54, 1.807) is 18.2 Å². The maximum absolute atomic E-state index is 12.3. The zero-order valence-electron chi connectivity index (χ0n) is 11.4. The molecule has 0 bridgehead atoms. The Labute approximate surface area is 133 Å². The molecule has 1 amide bonds. The molecule has 9 heteroatoms. The highest BCUT2D eigenvalue weighted by Crippen LogP contribution is 2.24. The number of aromatic amines is 2. The molecule has 0 atom stereocenters. The van der Waals surface area contributed by atoms with Gasteiger partial charge in [-0.15, -0.1) is 0 Å². The van der Waals surface area contributed by atoms with Gasteiger partial charge in [-0.2, -0.15) is 0 Å². The molecule has 8 nitrogen and oxygen atoms in total. The van der Waals surface area contributed by atoms with Gasteiger partial charge in [-0.25, -0.2) is 4.79 Å². The van der Waals surface area contributed by atoms with Gasteiger partial charge in [-0.1, -0.05) is 11.6 Å². The second-order valence-corrected chi connectivity index (χ2v) is 5.15. The van der Waals surface area contributed by atoms with Crippen LogP contribution in [0, 0.1) is 10.1 Å². The second kappa shape index (κ2) is 5.58. The van der Waals surface area contributed by atoms with Crippen LogP contribution in [0.25, 0.3) is 11.0 Å². The van der Waals surface area contributed by atoms with E-state index in [0.717, 1.165) is 6.07 Å². The Hall–Kier alpha value is -3.13. The van der Waals surface area contributed by atoms with E-state index in [1.165, 1.54) is 12.1 Å². The molecular weight excluding hydrogens is 324 g/mol. The maximum Gasteiger partial charge on any atom is 0.323 e. The van der Waals surface area contributed by atoms with Crippen molar-refractivity contribution in [3.63, 3.8) is 0 Å². The topological polar surface area (TPSA) is 121 Å². The average molecular weight is 333 g/mol. The fourth-order valence-electron chi connectivity index (χ4n) is 2.16. The number of hydrogen-bond donors (Lipinski definition) is 3. The van der Waals surface area contributed by atoms with Crippen LogP contribution in [-0.4, -0.2) is 20.8 Å². The molecule has 0 aliphatic rings. The van der Waals surface area contributed by atoms with Gasteiger partial charge in [-0.3, -0.25) is 14.9 Å². The summed E-state index contributed by atoms with van der Waals surface area (Å²) in [5.41, 5.74) is 0.635. The number of carbonyl (C=O) groups excluding carboxylic acids is 1. The highest BCUT2D eigenvalue weighted by Gasteiger charge is 2.20. The smallest absolute Gasteiger partial charge is 0.322 e. The van der Waals surface area contributed by atoms with Gasteiger partial charge in [0.15, 0.2) is 0 Å². The van der Waals surface area contributed by atoms with Gasteiger partial charge in [-0.05, 0) is 30.3 Å². The van der Waals surface area contributed by atoms with Crippen LogP contribution in [0.15, 0.2) is 41.2 Å². The van der Waals surface area contributed by atoms with Gasteiger partial charge in [0.25, 0.3) is 11.6 Å². The standard InChI is InChI=1S/C14H9ClN4O4/c15-7-1-3-9(12(5-7)19(22)23)13(20)16-8-2-4-10-11(6-8)18-14(21)17-10/h1-6H,(H,16,20)(H2,17,18,21). The molecule has 3 N–H and O–H groups in total. The van der Waals surface area contributed by atoms with E-state index in [-0.39, 0.29) is 22.0 Å². The summed E-state index contributed by atoms with van der Waals surface area (Å²) in [6.45, 7) is 0. The molecule has 23 heavy (non-hydrogen) atoms. The molecule has 3 rings (SSSR count). The van der Waals surface area contributed by atoms with Crippen LogP contribution >= 0.6 is 11.6 Å². The van der Waals surface area contributed by atoms with Gasteiger partial charge in [0, 0.05) is 16.8 Å². The van der Waals surface area contributed by atoms with Crippen LogP contribution in [-0.2, 0) is 0 Å². The highest BCUT2D eigenvalue weighted by atomic mass is 35.5. The zero-order chi connectivity index (χ0) is 16.6. The number of imidazole rings is 1. The van der Waals surface area contributed by atoms with Gasteiger partial charge < -0.3 is 15.3 Å². The van der Waals surface area contributed by atoms with Gasteiger partial charge >= 0.3 is 5.69 Å². The Kier molecular flexibility index (Phi) is 3.59. The third kappa shape index (κ3) is 2.92. The molecule has 0 spiro atoms. The summed E-state index contributed by atoms with van der Waals surface area (Å²) in [7, 11) is 0. The summed E-state index contributed by atoms with van der Waals surface area (Å²) in [5.74, 6) is -0.648. The minimum Gasteiger partial charge on any atom is -0.322 e. The van der Waals surface area contributed by atoms with Crippen molar-refractivity contribution in [2.45, 2.75) is 0 Å². The number of anilines is 1. The maximum atomic E-state index is 12.3. The number of halogens is 1. The minimum atomic E-state index is -0.673.